The molecule has 0 saturated carbocycles. The van der Waals surface area contributed by atoms with Crippen molar-refractivity contribution in [2.24, 2.45) is 5.41 Å². The van der Waals surface area contributed by atoms with Gasteiger partial charge in [0, 0.05) is 0 Å². The molecule has 3 heteroatoms. The lowest BCUT2D eigenvalue weighted by Crippen LogP contribution is -2.33. The first-order valence-electron chi connectivity index (χ1n) is 10.7. The Kier molecular flexibility index (Phi) is 5.50. The Morgan fingerprint density at radius 2 is 1.57 bits per heavy atom. The summed E-state index contributed by atoms with van der Waals surface area (Å²) >= 11 is 1.77. The molecule has 0 radical (unpaired) electrons. The van der Waals surface area contributed by atoms with Crippen LogP contribution in [0.15, 0.2) is 78.2 Å². The summed E-state index contributed by atoms with van der Waals surface area (Å²) in [6, 6.07) is 24.2. The van der Waals surface area contributed by atoms with Gasteiger partial charge in [-0.25, -0.2) is 0 Å². The Morgan fingerprint density at radius 1 is 0.867 bits per heavy atom. The lowest BCUT2D eigenvalue weighted by molar-refractivity contribution is 0.284. The van der Waals surface area contributed by atoms with Crippen molar-refractivity contribution in [3.8, 4) is 0 Å². The summed E-state index contributed by atoms with van der Waals surface area (Å²) in [5.41, 5.74) is 9.15. The summed E-state index contributed by atoms with van der Waals surface area (Å²) in [4.78, 5) is 1.27. The molecule has 0 amide bonds. The van der Waals surface area contributed by atoms with Crippen LogP contribution in [0.25, 0.3) is 5.70 Å². The first-order chi connectivity index (χ1) is 14.2. The number of thiophene rings is 1. The number of hydrogen-bond acceptors (Lipinski definition) is 3. The number of hydrogen-bond donors (Lipinski definition) is 1. The SMILES string of the molecule is CC(C)(C)CC(C)(C)c1ccc(C2C=C(c3cccs3)NN2c2ccccc2)cc1. The van der Waals surface area contributed by atoms with Gasteiger partial charge < -0.3 is 0 Å². The van der Waals surface area contributed by atoms with E-state index in [4.69, 9.17) is 0 Å². The van der Waals surface area contributed by atoms with Crippen LogP contribution in [-0.2, 0) is 5.41 Å². The quantitative estimate of drug-likeness (QED) is 0.461. The minimum absolute atomic E-state index is 0.155. The van der Waals surface area contributed by atoms with E-state index in [-0.39, 0.29) is 11.5 Å². The fraction of sp³-hybridized carbons (Fsp3) is 0.333. The summed E-state index contributed by atoms with van der Waals surface area (Å²) in [7, 11) is 0. The zero-order valence-corrected chi connectivity index (χ0v) is 19.5. The Hall–Kier alpha value is -2.52. The van der Waals surface area contributed by atoms with Crippen molar-refractivity contribution in [1.29, 1.82) is 0 Å². The molecule has 1 atom stereocenters. The highest BCUT2D eigenvalue weighted by Gasteiger charge is 2.30. The fourth-order valence-electron chi connectivity index (χ4n) is 4.66. The summed E-state index contributed by atoms with van der Waals surface area (Å²) in [5, 5.41) is 4.40. The molecule has 156 valence electrons. The van der Waals surface area contributed by atoms with Gasteiger partial charge in [-0.15, -0.1) is 11.3 Å². The minimum Gasteiger partial charge on any atom is -0.296 e. The first kappa shape index (κ1) is 20.7. The van der Waals surface area contributed by atoms with Gasteiger partial charge in [-0.2, -0.15) is 0 Å². The van der Waals surface area contributed by atoms with Gasteiger partial charge in [-0.05, 0) is 58.0 Å². The zero-order valence-electron chi connectivity index (χ0n) is 18.6. The average Bonchev–Trinajstić information content (AvgIpc) is 3.37. The first-order valence-corrected chi connectivity index (χ1v) is 11.6. The minimum atomic E-state index is 0.155. The molecule has 3 aromatic rings. The summed E-state index contributed by atoms with van der Waals surface area (Å²) in [5.74, 6) is 0. The lowest BCUT2D eigenvalue weighted by Gasteiger charge is -2.33. The van der Waals surface area contributed by atoms with Crippen LogP contribution in [0.3, 0.4) is 0 Å². The molecule has 1 N–H and O–H groups in total. The molecule has 2 heterocycles. The van der Waals surface area contributed by atoms with Crippen LogP contribution in [0.5, 0.6) is 0 Å². The average molecular weight is 417 g/mol. The van der Waals surface area contributed by atoms with Crippen molar-refractivity contribution in [2.75, 3.05) is 5.01 Å². The van der Waals surface area contributed by atoms with Crippen LogP contribution in [0.4, 0.5) is 5.69 Å². The van der Waals surface area contributed by atoms with Gasteiger partial charge in [0.25, 0.3) is 0 Å². The van der Waals surface area contributed by atoms with Gasteiger partial charge in [0.15, 0.2) is 0 Å². The highest BCUT2D eigenvalue weighted by Crippen LogP contribution is 2.39. The third-order valence-corrected chi connectivity index (χ3v) is 6.57. The molecular formula is C27H32N2S. The van der Waals surface area contributed by atoms with E-state index in [9.17, 15) is 0 Å². The number of para-hydroxylation sites is 1. The van der Waals surface area contributed by atoms with E-state index in [1.165, 1.54) is 27.4 Å². The van der Waals surface area contributed by atoms with Gasteiger partial charge in [0.1, 0.15) is 0 Å². The van der Waals surface area contributed by atoms with E-state index in [2.05, 4.69) is 123 Å². The summed E-state index contributed by atoms with van der Waals surface area (Å²) in [6.45, 7) is 11.7. The molecule has 0 saturated heterocycles. The van der Waals surface area contributed by atoms with E-state index in [1.54, 1.807) is 11.3 Å². The molecule has 0 bridgehead atoms. The number of hydrazine groups is 1. The van der Waals surface area contributed by atoms with Crippen molar-refractivity contribution in [2.45, 2.75) is 52.5 Å². The van der Waals surface area contributed by atoms with Crippen LogP contribution >= 0.6 is 11.3 Å². The molecule has 30 heavy (non-hydrogen) atoms. The van der Waals surface area contributed by atoms with E-state index < -0.39 is 0 Å². The van der Waals surface area contributed by atoms with Gasteiger partial charge in [0.05, 0.1) is 22.3 Å². The fourth-order valence-corrected chi connectivity index (χ4v) is 5.36. The number of nitrogens with one attached hydrogen (secondary N) is 1. The Morgan fingerprint density at radius 3 is 2.17 bits per heavy atom. The number of benzene rings is 2. The smallest absolute Gasteiger partial charge is 0.0958 e. The van der Waals surface area contributed by atoms with Crippen molar-refractivity contribution in [3.05, 3.63) is 94.2 Å². The topological polar surface area (TPSA) is 15.3 Å². The number of nitrogens with zero attached hydrogens (tertiary/aromatic N) is 1. The third-order valence-electron chi connectivity index (χ3n) is 5.67. The van der Waals surface area contributed by atoms with Crippen LogP contribution in [-0.4, -0.2) is 0 Å². The predicted molar refractivity (Wildman–Crippen MR) is 131 cm³/mol. The molecule has 1 aliphatic heterocycles. The van der Waals surface area contributed by atoms with Crippen molar-refractivity contribution >= 4 is 22.7 Å². The molecule has 2 nitrogen and oxygen atoms in total. The third kappa shape index (κ3) is 4.46. The molecule has 1 aromatic heterocycles. The molecule has 2 aromatic carbocycles. The van der Waals surface area contributed by atoms with Gasteiger partial charge in [-0.1, -0.05) is 83.1 Å². The van der Waals surface area contributed by atoms with Gasteiger partial charge in [-0.3, -0.25) is 10.4 Å². The van der Waals surface area contributed by atoms with Gasteiger partial charge >= 0.3 is 0 Å². The van der Waals surface area contributed by atoms with Crippen LogP contribution in [0, 0.1) is 5.41 Å². The van der Waals surface area contributed by atoms with E-state index in [0.717, 1.165) is 6.42 Å². The second kappa shape index (κ2) is 7.96. The maximum atomic E-state index is 3.64. The maximum absolute atomic E-state index is 3.64. The second-order valence-electron chi connectivity index (χ2n) is 10.1. The summed E-state index contributed by atoms with van der Waals surface area (Å²) in [6.07, 6.45) is 3.50. The monoisotopic (exact) mass is 416 g/mol. The Bertz CT molecular complexity index is 993. The molecule has 0 fully saturated rings. The lowest BCUT2D eigenvalue weighted by atomic mass is 9.72. The van der Waals surface area contributed by atoms with Crippen LogP contribution in [0.1, 0.15) is 63.1 Å². The van der Waals surface area contributed by atoms with E-state index in [1.807, 2.05) is 0 Å². The van der Waals surface area contributed by atoms with E-state index >= 15 is 0 Å². The maximum Gasteiger partial charge on any atom is 0.0958 e. The highest BCUT2D eigenvalue weighted by atomic mass is 32.1. The predicted octanol–water partition coefficient (Wildman–Crippen LogP) is 7.57. The normalized spacial score (nSPS) is 17.0. The Labute approximate surface area is 185 Å². The molecule has 1 aliphatic rings. The van der Waals surface area contributed by atoms with Gasteiger partial charge in [0.2, 0.25) is 0 Å². The molecular weight excluding hydrogens is 384 g/mol. The summed E-state index contributed by atoms with van der Waals surface area (Å²) < 4.78 is 0. The number of anilines is 1. The highest BCUT2D eigenvalue weighted by molar-refractivity contribution is 7.11. The van der Waals surface area contributed by atoms with Crippen molar-refractivity contribution in [1.82, 2.24) is 5.43 Å². The molecule has 1 unspecified atom stereocenters. The second-order valence-corrected chi connectivity index (χ2v) is 11.0. The molecule has 0 aliphatic carbocycles. The molecule has 0 spiro atoms. The Balaban J connectivity index is 1.66. The van der Waals surface area contributed by atoms with Crippen molar-refractivity contribution in [3.63, 3.8) is 0 Å². The zero-order chi connectivity index (χ0) is 21.4. The van der Waals surface area contributed by atoms with E-state index in [0.29, 0.717) is 5.41 Å². The number of rotatable bonds is 5. The van der Waals surface area contributed by atoms with Crippen LogP contribution in [0.2, 0.25) is 0 Å². The largest absolute Gasteiger partial charge is 0.296 e. The molecule has 4 rings (SSSR count). The van der Waals surface area contributed by atoms with Crippen molar-refractivity contribution < 1.29 is 0 Å². The standard InChI is InChI=1S/C27H32N2S/c1-26(2,3)19-27(4,5)21-15-13-20(14-16-21)24-18-23(25-12-9-17-30-25)28-29(24)22-10-7-6-8-11-22/h6-18,24,28H,19H2,1-5H3. The van der Waals surface area contributed by atoms with Crippen LogP contribution < -0.4 is 10.4 Å².